The highest BCUT2D eigenvalue weighted by Gasteiger charge is 2.45. The lowest BCUT2D eigenvalue weighted by atomic mass is 9.94. The summed E-state index contributed by atoms with van der Waals surface area (Å²) in [6.07, 6.45) is 5.82. The molecule has 0 bridgehead atoms. The van der Waals surface area contributed by atoms with Gasteiger partial charge in [0.25, 0.3) is 0 Å². The van der Waals surface area contributed by atoms with Crippen molar-refractivity contribution in [1.29, 1.82) is 0 Å². The SMILES string of the molecule is O=C1/C(=C2/CC3(CCCC3)NN2c2ccccc2)Sc2ccccc21. The van der Waals surface area contributed by atoms with Gasteiger partial charge < -0.3 is 0 Å². The molecule has 25 heavy (non-hydrogen) atoms. The van der Waals surface area contributed by atoms with E-state index in [1.54, 1.807) is 11.8 Å². The van der Waals surface area contributed by atoms with Crippen LogP contribution >= 0.6 is 11.8 Å². The van der Waals surface area contributed by atoms with Crippen LogP contribution in [0.5, 0.6) is 0 Å². The zero-order valence-electron chi connectivity index (χ0n) is 14.0. The predicted octanol–water partition coefficient (Wildman–Crippen LogP) is 4.91. The number of benzene rings is 2. The molecule has 0 unspecified atom stereocenters. The van der Waals surface area contributed by atoms with E-state index in [1.807, 2.05) is 30.3 Å². The fraction of sp³-hybridized carbons (Fsp3) is 0.286. The molecule has 0 amide bonds. The molecule has 1 N–H and O–H groups in total. The number of anilines is 1. The molecule has 3 nitrogen and oxygen atoms in total. The van der Waals surface area contributed by atoms with E-state index in [2.05, 4.69) is 34.7 Å². The number of hydrazine groups is 1. The van der Waals surface area contributed by atoms with E-state index in [0.29, 0.717) is 0 Å². The van der Waals surface area contributed by atoms with Crippen LogP contribution in [0.25, 0.3) is 0 Å². The van der Waals surface area contributed by atoms with Gasteiger partial charge in [-0.3, -0.25) is 9.80 Å². The van der Waals surface area contributed by atoms with E-state index in [4.69, 9.17) is 0 Å². The molecule has 2 aromatic rings. The summed E-state index contributed by atoms with van der Waals surface area (Å²) in [5.74, 6) is 0.174. The lowest BCUT2D eigenvalue weighted by Gasteiger charge is -2.26. The number of allylic oxidation sites excluding steroid dienone is 1. The number of fused-ring (bicyclic) bond motifs is 1. The van der Waals surface area contributed by atoms with Crippen LogP contribution in [0, 0.1) is 0 Å². The van der Waals surface area contributed by atoms with Crippen LogP contribution in [0.2, 0.25) is 0 Å². The highest BCUT2D eigenvalue weighted by molar-refractivity contribution is 8.04. The van der Waals surface area contributed by atoms with Gasteiger partial charge in [0.05, 0.1) is 16.3 Å². The number of Topliss-reactive ketones (excluding diaryl/α,β-unsaturated/α-hetero) is 1. The summed E-state index contributed by atoms with van der Waals surface area (Å²) in [4.78, 5) is 15.0. The van der Waals surface area contributed by atoms with Crippen LogP contribution in [-0.2, 0) is 0 Å². The van der Waals surface area contributed by atoms with Crippen molar-refractivity contribution in [1.82, 2.24) is 5.43 Å². The van der Waals surface area contributed by atoms with Crippen LogP contribution in [-0.4, -0.2) is 11.3 Å². The molecule has 1 saturated heterocycles. The van der Waals surface area contributed by atoms with E-state index < -0.39 is 0 Å². The molecule has 2 aromatic carbocycles. The summed E-state index contributed by atoms with van der Waals surface area (Å²) < 4.78 is 0. The van der Waals surface area contributed by atoms with Gasteiger partial charge in [0, 0.05) is 22.4 Å². The summed E-state index contributed by atoms with van der Waals surface area (Å²) in [6, 6.07) is 18.3. The molecule has 1 spiro atoms. The van der Waals surface area contributed by atoms with E-state index in [1.165, 1.54) is 25.7 Å². The number of thioether (sulfide) groups is 1. The van der Waals surface area contributed by atoms with Gasteiger partial charge in [-0.2, -0.15) is 0 Å². The van der Waals surface area contributed by atoms with Gasteiger partial charge in [-0.05, 0) is 37.1 Å². The van der Waals surface area contributed by atoms with Gasteiger partial charge in [0.2, 0.25) is 5.78 Å². The van der Waals surface area contributed by atoms with Crippen molar-refractivity contribution in [3.63, 3.8) is 0 Å². The number of nitrogens with one attached hydrogen (secondary N) is 1. The molecular weight excluding hydrogens is 328 g/mol. The van der Waals surface area contributed by atoms with Crippen molar-refractivity contribution < 1.29 is 4.79 Å². The minimum atomic E-state index is 0.119. The second-order valence-corrected chi connectivity index (χ2v) is 8.20. The quantitative estimate of drug-likeness (QED) is 0.742. The first-order valence-corrected chi connectivity index (χ1v) is 9.75. The predicted molar refractivity (Wildman–Crippen MR) is 102 cm³/mol. The molecule has 1 saturated carbocycles. The van der Waals surface area contributed by atoms with E-state index in [-0.39, 0.29) is 11.3 Å². The number of para-hydroxylation sites is 1. The van der Waals surface area contributed by atoms with E-state index >= 15 is 0 Å². The average Bonchev–Trinajstić information content (AvgIpc) is 3.35. The molecule has 2 heterocycles. The topological polar surface area (TPSA) is 32.3 Å². The maximum atomic E-state index is 13.0. The Labute approximate surface area is 152 Å². The molecule has 0 radical (unpaired) electrons. The van der Waals surface area contributed by atoms with Crippen molar-refractivity contribution >= 4 is 23.2 Å². The number of ketones is 1. The van der Waals surface area contributed by atoms with Crippen molar-refractivity contribution in [2.75, 3.05) is 5.01 Å². The molecule has 3 aliphatic rings. The molecule has 4 heteroatoms. The van der Waals surface area contributed by atoms with Crippen LogP contribution < -0.4 is 10.4 Å². The van der Waals surface area contributed by atoms with E-state index in [0.717, 1.165) is 33.2 Å². The maximum Gasteiger partial charge on any atom is 0.202 e. The largest absolute Gasteiger partial charge is 0.288 e. The first-order valence-electron chi connectivity index (χ1n) is 8.94. The monoisotopic (exact) mass is 348 g/mol. The Morgan fingerprint density at radius 2 is 1.68 bits per heavy atom. The Kier molecular flexibility index (Phi) is 3.50. The maximum absolute atomic E-state index is 13.0. The van der Waals surface area contributed by atoms with Gasteiger partial charge in [-0.25, -0.2) is 5.43 Å². The summed E-state index contributed by atoms with van der Waals surface area (Å²) in [7, 11) is 0. The Balaban J connectivity index is 1.62. The van der Waals surface area contributed by atoms with Crippen molar-refractivity contribution in [3.8, 4) is 0 Å². The van der Waals surface area contributed by atoms with Gasteiger partial charge in [-0.1, -0.05) is 54.9 Å². The lowest BCUT2D eigenvalue weighted by Crippen LogP contribution is -2.43. The standard InChI is InChI=1S/C21H20N2OS/c24-19-16-10-4-5-11-18(16)25-20(19)17-14-21(12-6-7-13-21)22-23(17)15-8-2-1-3-9-15/h1-5,8-11,22H,6-7,12-14H2/b20-17+. The Hall–Kier alpha value is -2.04. The Morgan fingerprint density at radius 3 is 2.44 bits per heavy atom. The number of hydrogen-bond donors (Lipinski definition) is 1. The number of nitrogens with zero attached hydrogens (tertiary/aromatic N) is 1. The minimum absolute atomic E-state index is 0.119. The Bertz CT molecular complexity index is 868. The fourth-order valence-corrected chi connectivity index (χ4v) is 5.40. The fourth-order valence-electron chi connectivity index (χ4n) is 4.28. The first kappa shape index (κ1) is 15.2. The van der Waals surface area contributed by atoms with Crippen LogP contribution in [0.4, 0.5) is 5.69 Å². The minimum Gasteiger partial charge on any atom is -0.288 e. The second kappa shape index (κ2) is 5.75. The normalized spacial score (nSPS) is 24.3. The van der Waals surface area contributed by atoms with Crippen molar-refractivity contribution in [3.05, 3.63) is 70.8 Å². The van der Waals surface area contributed by atoms with E-state index in [9.17, 15) is 4.79 Å². The first-order chi connectivity index (χ1) is 12.3. The molecule has 5 rings (SSSR count). The Morgan fingerprint density at radius 1 is 0.960 bits per heavy atom. The highest BCUT2D eigenvalue weighted by Crippen LogP contribution is 2.48. The van der Waals surface area contributed by atoms with Crippen molar-refractivity contribution in [2.24, 2.45) is 0 Å². The molecule has 2 fully saturated rings. The van der Waals surface area contributed by atoms with Crippen LogP contribution in [0.15, 0.2) is 70.1 Å². The van der Waals surface area contributed by atoms with Gasteiger partial charge >= 0.3 is 0 Å². The lowest BCUT2D eigenvalue weighted by molar-refractivity contribution is 0.104. The molecule has 0 aromatic heterocycles. The summed E-state index contributed by atoms with van der Waals surface area (Å²) >= 11 is 1.63. The highest BCUT2D eigenvalue weighted by atomic mass is 32.2. The van der Waals surface area contributed by atoms with Gasteiger partial charge in [0.15, 0.2) is 0 Å². The molecule has 1 aliphatic carbocycles. The third kappa shape index (κ3) is 2.43. The second-order valence-electron chi connectivity index (χ2n) is 7.15. The third-order valence-electron chi connectivity index (χ3n) is 5.51. The van der Waals surface area contributed by atoms with Crippen molar-refractivity contribution in [2.45, 2.75) is 42.5 Å². The number of carbonyl (C=O) groups excluding carboxylic acids is 1. The zero-order chi connectivity index (χ0) is 16.9. The molecular formula is C21H20N2OS. The van der Waals surface area contributed by atoms with Crippen LogP contribution in [0.3, 0.4) is 0 Å². The number of hydrogen-bond acceptors (Lipinski definition) is 4. The molecule has 126 valence electrons. The van der Waals surface area contributed by atoms with Gasteiger partial charge in [-0.15, -0.1) is 0 Å². The molecule has 2 aliphatic heterocycles. The van der Waals surface area contributed by atoms with Gasteiger partial charge in [0.1, 0.15) is 0 Å². The summed E-state index contributed by atoms with van der Waals surface area (Å²) in [5.41, 5.74) is 6.98. The smallest absolute Gasteiger partial charge is 0.202 e. The third-order valence-corrected chi connectivity index (χ3v) is 6.71. The number of rotatable bonds is 1. The summed E-state index contributed by atoms with van der Waals surface area (Å²) in [6.45, 7) is 0. The number of carbonyl (C=O) groups is 1. The zero-order valence-corrected chi connectivity index (χ0v) is 14.8. The molecule has 0 atom stereocenters. The summed E-state index contributed by atoms with van der Waals surface area (Å²) in [5, 5.41) is 2.18. The average molecular weight is 348 g/mol. The van der Waals surface area contributed by atoms with Crippen LogP contribution in [0.1, 0.15) is 42.5 Å².